The fraction of sp³-hybridized carbons (Fsp3) is 0.455. The second kappa shape index (κ2) is 8.97. The van der Waals surface area contributed by atoms with Crippen LogP contribution >= 0.6 is 11.3 Å². The number of hydrogen-bond acceptors (Lipinski definition) is 5. The van der Waals surface area contributed by atoms with Gasteiger partial charge in [-0.25, -0.2) is 0 Å². The number of ether oxygens (including phenoxy) is 2. The van der Waals surface area contributed by atoms with Gasteiger partial charge in [0.05, 0.1) is 24.6 Å². The highest BCUT2D eigenvalue weighted by molar-refractivity contribution is 7.13. The van der Waals surface area contributed by atoms with E-state index in [1.54, 1.807) is 0 Å². The van der Waals surface area contributed by atoms with E-state index >= 15 is 0 Å². The number of morpholine rings is 1. The Morgan fingerprint density at radius 3 is 2.59 bits per heavy atom. The molecule has 0 saturated carbocycles. The molecule has 7 heteroatoms. The molecule has 0 aliphatic carbocycles. The van der Waals surface area contributed by atoms with E-state index in [0.29, 0.717) is 58.8 Å². The minimum absolute atomic E-state index is 0.0486. The van der Waals surface area contributed by atoms with Crippen molar-refractivity contribution in [2.45, 2.75) is 26.3 Å². The molecule has 154 valence electrons. The predicted molar refractivity (Wildman–Crippen MR) is 111 cm³/mol. The van der Waals surface area contributed by atoms with E-state index in [4.69, 9.17) is 9.47 Å². The summed E-state index contributed by atoms with van der Waals surface area (Å²) in [4.78, 5) is 30.9. The van der Waals surface area contributed by atoms with Gasteiger partial charge in [0, 0.05) is 36.5 Å². The van der Waals surface area contributed by atoms with Crippen LogP contribution in [-0.2, 0) is 22.5 Å². The molecular weight excluding hydrogens is 388 g/mol. The zero-order valence-corrected chi connectivity index (χ0v) is 17.5. The van der Waals surface area contributed by atoms with Gasteiger partial charge in [0.15, 0.2) is 0 Å². The lowest BCUT2D eigenvalue weighted by molar-refractivity contribution is -0.135. The summed E-state index contributed by atoms with van der Waals surface area (Å²) in [5, 5.41) is 0. The van der Waals surface area contributed by atoms with E-state index in [1.165, 1.54) is 11.3 Å². The number of aryl methyl sites for hydroxylation is 2. The largest absolute Gasteiger partial charge is 0.491 e. The second-order valence-corrected chi connectivity index (χ2v) is 8.71. The SMILES string of the molecule is Cc1ccc(C(=O)N2CCOc3ccc(CCC(=O)N4CCOCC4)cc3C2)s1. The molecule has 4 rings (SSSR count). The van der Waals surface area contributed by atoms with Crippen LogP contribution in [0.2, 0.25) is 0 Å². The summed E-state index contributed by atoms with van der Waals surface area (Å²) in [5.74, 6) is 1.04. The molecule has 6 nitrogen and oxygen atoms in total. The lowest BCUT2D eigenvalue weighted by Gasteiger charge is -2.26. The maximum absolute atomic E-state index is 12.9. The molecule has 0 atom stereocenters. The molecular formula is C22H26N2O4S. The molecule has 0 spiro atoms. The molecule has 1 fully saturated rings. The van der Waals surface area contributed by atoms with Crippen LogP contribution in [0.3, 0.4) is 0 Å². The van der Waals surface area contributed by atoms with Gasteiger partial charge in [-0.1, -0.05) is 12.1 Å². The van der Waals surface area contributed by atoms with Crippen LogP contribution in [0.5, 0.6) is 5.75 Å². The van der Waals surface area contributed by atoms with Gasteiger partial charge in [0.1, 0.15) is 12.4 Å². The first-order valence-corrected chi connectivity index (χ1v) is 10.9. The molecule has 0 unspecified atom stereocenters. The van der Waals surface area contributed by atoms with Crippen molar-refractivity contribution >= 4 is 23.2 Å². The summed E-state index contributed by atoms with van der Waals surface area (Å²) in [6, 6.07) is 9.93. The number of hydrogen-bond donors (Lipinski definition) is 0. The molecule has 0 N–H and O–H groups in total. The zero-order valence-electron chi connectivity index (χ0n) is 16.7. The molecule has 3 heterocycles. The van der Waals surface area contributed by atoms with Crippen LogP contribution in [0.1, 0.15) is 32.1 Å². The lowest BCUT2D eigenvalue weighted by atomic mass is 10.0. The van der Waals surface area contributed by atoms with Gasteiger partial charge in [0.25, 0.3) is 5.91 Å². The molecule has 2 amide bonds. The van der Waals surface area contributed by atoms with Crippen LogP contribution < -0.4 is 4.74 Å². The Morgan fingerprint density at radius 2 is 1.83 bits per heavy atom. The molecule has 29 heavy (non-hydrogen) atoms. The molecule has 2 aliphatic heterocycles. The van der Waals surface area contributed by atoms with Crippen LogP contribution in [-0.4, -0.2) is 61.1 Å². The monoisotopic (exact) mass is 414 g/mol. The highest BCUT2D eigenvalue weighted by Crippen LogP contribution is 2.27. The van der Waals surface area contributed by atoms with Crippen molar-refractivity contribution in [3.05, 3.63) is 51.2 Å². The van der Waals surface area contributed by atoms with E-state index in [0.717, 1.165) is 26.6 Å². The van der Waals surface area contributed by atoms with Crippen molar-refractivity contribution < 1.29 is 19.1 Å². The molecule has 1 aromatic heterocycles. The van der Waals surface area contributed by atoms with Gasteiger partial charge in [-0.2, -0.15) is 0 Å². The normalized spacial score (nSPS) is 16.7. The Morgan fingerprint density at radius 1 is 1.03 bits per heavy atom. The Bertz CT molecular complexity index is 889. The molecule has 0 bridgehead atoms. The van der Waals surface area contributed by atoms with Crippen molar-refractivity contribution in [2.75, 3.05) is 39.5 Å². The number of amides is 2. The number of benzene rings is 1. The molecule has 1 saturated heterocycles. The summed E-state index contributed by atoms with van der Waals surface area (Å²) < 4.78 is 11.2. The number of carbonyl (C=O) groups is 2. The Labute approximate surface area is 175 Å². The predicted octanol–water partition coefficient (Wildman–Crippen LogP) is 2.88. The third-order valence-corrected chi connectivity index (χ3v) is 6.32. The zero-order chi connectivity index (χ0) is 20.2. The summed E-state index contributed by atoms with van der Waals surface area (Å²) in [6.07, 6.45) is 1.16. The summed E-state index contributed by atoms with van der Waals surface area (Å²) in [6.45, 7) is 6.17. The van der Waals surface area contributed by atoms with E-state index in [2.05, 4.69) is 6.07 Å². The lowest BCUT2D eigenvalue weighted by Crippen LogP contribution is -2.40. The fourth-order valence-corrected chi connectivity index (χ4v) is 4.54. The maximum Gasteiger partial charge on any atom is 0.264 e. The Balaban J connectivity index is 1.42. The standard InChI is InChI=1S/C22H26N2O4S/c1-16-2-6-20(29-16)22(26)24-10-13-28-19-5-3-17(14-18(19)15-24)4-7-21(25)23-8-11-27-12-9-23/h2-3,5-6,14H,4,7-13,15H2,1H3. The fourth-order valence-electron chi connectivity index (χ4n) is 3.70. The van der Waals surface area contributed by atoms with Crippen LogP contribution in [0, 0.1) is 6.92 Å². The van der Waals surface area contributed by atoms with Gasteiger partial charge < -0.3 is 19.3 Å². The van der Waals surface area contributed by atoms with Crippen molar-refractivity contribution in [1.82, 2.24) is 9.80 Å². The van der Waals surface area contributed by atoms with Crippen molar-refractivity contribution in [2.24, 2.45) is 0 Å². The van der Waals surface area contributed by atoms with Crippen molar-refractivity contribution in [1.29, 1.82) is 0 Å². The number of nitrogens with zero attached hydrogens (tertiary/aromatic N) is 2. The smallest absolute Gasteiger partial charge is 0.264 e. The molecule has 2 aromatic rings. The number of rotatable bonds is 4. The first-order valence-electron chi connectivity index (χ1n) is 10.1. The number of fused-ring (bicyclic) bond motifs is 1. The van der Waals surface area contributed by atoms with E-state index < -0.39 is 0 Å². The third-order valence-electron chi connectivity index (χ3n) is 5.33. The van der Waals surface area contributed by atoms with Crippen molar-refractivity contribution in [3.63, 3.8) is 0 Å². The third kappa shape index (κ3) is 4.79. The maximum atomic E-state index is 12.9. The summed E-state index contributed by atoms with van der Waals surface area (Å²) >= 11 is 1.52. The topological polar surface area (TPSA) is 59.1 Å². The Hall–Kier alpha value is -2.38. The summed E-state index contributed by atoms with van der Waals surface area (Å²) in [5.41, 5.74) is 2.09. The number of thiophene rings is 1. The van der Waals surface area contributed by atoms with Crippen LogP contribution in [0.4, 0.5) is 0 Å². The number of carbonyl (C=O) groups excluding carboxylic acids is 2. The molecule has 2 aliphatic rings. The average Bonchev–Trinajstić information content (AvgIpc) is 3.07. The average molecular weight is 415 g/mol. The molecule has 0 radical (unpaired) electrons. The van der Waals surface area contributed by atoms with Gasteiger partial charge >= 0.3 is 0 Å². The van der Waals surface area contributed by atoms with Crippen molar-refractivity contribution in [3.8, 4) is 5.75 Å². The summed E-state index contributed by atoms with van der Waals surface area (Å²) in [7, 11) is 0. The molecule has 1 aromatic carbocycles. The van der Waals surface area contributed by atoms with Gasteiger partial charge in [-0.3, -0.25) is 9.59 Å². The highest BCUT2D eigenvalue weighted by atomic mass is 32.1. The van der Waals surface area contributed by atoms with Gasteiger partial charge in [-0.15, -0.1) is 11.3 Å². The van der Waals surface area contributed by atoms with E-state index in [9.17, 15) is 9.59 Å². The van der Waals surface area contributed by atoms with Gasteiger partial charge in [0.2, 0.25) is 5.91 Å². The Kier molecular flexibility index (Phi) is 6.16. The first-order chi connectivity index (χ1) is 14.1. The quantitative estimate of drug-likeness (QED) is 0.772. The van der Waals surface area contributed by atoms with E-state index in [-0.39, 0.29) is 11.8 Å². The van der Waals surface area contributed by atoms with Gasteiger partial charge in [-0.05, 0) is 37.1 Å². The highest BCUT2D eigenvalue weighted by Gasteiger charge is 2.23. The van der Waals surface area contributed by atoms with E-state index in [1.807, 2.05) is 41.0 Å². The van der Waals surface area contributed by atoms with Crippen LogP contribution in [0.25, 0.3) is 0 Å². The van der Waals surface area contributed by atoms with Crippen LogP contribution in [0.15, 0.2) is 30.3 Å². The first kappa shape index (κ1) is 19.9. The second-order valence-electron chi connectivity index (χ2n) is 7.42. The minimum atomic E-state index is 0.0486. The minimum Gasteiger partial charge on any atom is -0.491 e.